The summed E-state index contributed by atoms with van der Waals surface area (Å²) >= 11 is 1.74. The zero-order valence-corrected chi connectivity index (χ0v) is 15.1. The first-order valence-electron chi connectivity index (χ1n) is 8.41. The molecule has 1 fully saturated rings. The highest BCUT2D eigenvalue weighted by Gasteiger charge is 2.09. The van der Waals surface area contributed by atoms with Crippen LogP contribution in [0.2, 0.25) is 0 Å². The van der Waals surface area contributed by atoms with E-state index in [1.807, 2.05) is 12.1 Å². The number of aliphatic imine (C=N–C) groups is 1. The molecular weight excluding hydrogens is 327 g/mol. The summed E-state index contributed by atoms with van der Waals surface area (Å²) in [5.41, 5.74) is 0. The van der Waals surface area contributed by atoms with Crippen LogP contribution in [0, 0.1) is 5.82 Å². The summed E-state index contributed by atoms with van der Waals surface area (Å²) in [6, 6.07) is 6.64. The summed E-state index contributed by atoms with van der Waals surface area (Å²) in [5.74, 6) is 1.65. The molecule has 0 spiro atoms. The zero-order chi connectivity index (χ0) is 17.0. The Morgan fingerprint density at radius 3 is 2.62 bits per heavy atom. The molecule has 24 heavy (non-hydrogen) atoms. The summed E-state index contributed by atoms with van der Waals surface area (Å²) in [7, 11) is 1.79. The van der Waals surface area contributed by atoms with Crippen LogP contribution >= 0.6 is 11.8 Å². The fourth-order valence-electron chi connectivity index (χ4n) is 2.38. The fraction of sp³-hybridized carbons (Fsp3) is 0.588. The molecule has 1 aliphatic heterocycles. The number of halogens is 1. The molecule has 0 bridgehead atoms. The van der Waals surface area contributed by atoms with Crippen LogP contribution in [-0.4, -0.2) is 69.6 Å². The van der Waals surface area contributed by atoms with Gasteiger partial charge in [-0.3, -0.25) is 9.89 Å². The van der Waals surface area contributed by atoms with Crippen molar-refractivity contribution in [1.29, 1.82) is 0 Å². The summed E-state index contributed by atoms with van der Waals surface area (Å²) < 4.78 is 18.2. The maximum atomic E-state index is 12.8. The van der Waals surface area contributed by atoms with E-state index in [1.54, 1.807) is 18.8 Å². The molecule has 5 nitrogen and oxygen atoms in total. The Morgan fingerprint density at radius 2 is 1.92 bits per heavy atom. The van der Waals surface area contributed by atoms with Gasteiger partial charge < -0.3 is 15.4 Å². The predicted octanol–water partition coefficient (Wildman–Crippen LogP) is 1.81. The van der Waals surface area contributed by atoms with Crippen molar-refractivity contribution in [2.45, 2.75) is 11.3 Å². The topological polar surface area (TPSA) is 48.9 Å². The highest BCUT2D eigenvalue weighted by molar-refractivity contribution is 7.99. The molecule has 7 heteroatoms. The number of thioether (sulfide) groups is 1. The molecule has 2 rings (SSSR count). The van der Waals surface area contributed by atoms with Gasteiger partial charge in [0.2, 0.25) is 0 Å². The van der Waals surface area contributed by atoms with E-state index in [2.05, 4.69) is 20.5 Å². The van der Waals surface area contributed by atoms with Gasteiger partial charge in [-0.25, -0.2) is 4.39 Å². The molecule has 0 radical (unpaired) electrons. The molecule has 2 N–H and O–H groups in total. The molecule has 0 atom stereocenters. The van der Waals surface area contributed by atoms with E-state index in [0.29, 0.717) is 0 Å². The first kappa shape index (κ1) is 19.0. The summed E-state index contributed by atoms with van der Waals surface area (Å²) in [5, 5.41) is 6.66. The molecule has 0 aliphatic carbocycles. The van der Waals surface area contributed by atoms with E-state index in [0.717, 1.165) is 69.0 Å². The van der Waals surface area contributed by atoms with Crippen molar-refractivity contribution in [3.05, 3.63) is 30.1 Å². The number of benzene rings is 1. The van der Waals surface area contributed by atoms with Gasteiger partial charge in [-0.2, -0.15) is 0 Å². The number of morpholine rings is 1. The van der Waals surface area contributed by atoms with E-state index >= 15 is 0 Å². The van der Waals surface area contributed by atoms with Crippen LogP contribution in [0.4, 0.5) is 4.39 Å². The highest BCUT2D eigenvalue weighted by atomic mass is 32.2. The molecule has 1 heterocycles. The lowest BCUT2D eigenvalue weighted by Crippen LogP contribution is -2.44. The quantitative estimate of drug-likeness (QED) is 0.323. The molecule has 0 aromatic heterocycles. The Morgan fingerprint density at radius 1 is 1.21 bits per heavy atom. The lowest BCUT2D eigenvalue weighted by atomic mass is 10.4. The number of ether oxygens (including phenoxy) is 1. The maximum absolute atomic E-state index is 12.8. The van der Waals surface area contributed by atoms with Gasteiger partial charge in [0.05, 0.1) is 13.2 Å². The van der Waals surface area contributed by atoms with Gasteiger partial charge in [0, 0.05) is 44.7 Å². The number of hydrogen-bond acceptors (Lipinski definition) is 4. The Kier molecular flexibility index (Phi) is 8.94. The number of hydrogen-bond donors (Lipinski definition) is 2. The van der Waals surface area contributed by atoms with Crippen molar-refractivity contribution in [3.8, 4) is 0 Å². The molecular formula is C17H27FN4OS. The standard InChI is InChI=1S/C17H27FN4OS/c1-19-17(21-8-9-22-10-12-23-13-11-22)20-7-2-14-24-16-5-3-15(18)4-6-16/h3-6H,2,7-14H2,1H3,(H2,19,20,21). The van der Waals surface area contributed by atoms with Crippen LogP contribution in [-0.2, 0) is 4.74 Å². The molecule has 134 valence electrons. The predicted molar refractivity (Wildman–Crippen MR) is 98.4 cm³/mol. The highest BCUT2D eigenvalue weighted by Crippen LogP contribution is 2.18. The van der Waals surface area contributed by atoms with Crippen molar-refractivity contribution in [2.24, 2.45) is 4.99 Å². The number of rotatable bonds is 8. The third-order valence-electron chi connectivity index (χ3n) is 3.74. The Bertz CT molecular complexity index is 492. The van der Waals surface area contributed by atoms with Crippen molar-refractivity contribution < 1.29 is 9.13 Å². The normalized spacial score (nSPS) is 16.2. The molecule has 1 saturated heterocycles. The molecule has 1 aromatic rings. The second kappa shape index (κ2) is 11.3. The van der Waals surface area contributed by atoms with Crippen LogP contribution in [0.1, 0.15) is 6.42 Å². The Labute approximate surface area is 148 Å². The maximum Gasteiger partial charge on any atom is 0.191 e. The summed E-state index contributed by atoms with van der Waals surface area (Å²) in [4.78, 5) is 7.73. The lowest BCUT2D eigenvalue weighted by molar-refractivity contribution is 0.0389. The largest absolute Gasteiger partial charge is 0.379 e. The van der Waals surface area contributed by atoms with E-state index in [1.165, 1.54) is 12.1 Å². The van der Waals surface area contributed by atoms with Gasteiger partial charge in [0.1, 0.15) is 5.82 Å². The average molecular weight is 354 g/mol. The zero-order valence-electron chi connectivity index (χ0n) is 14.3. The summed E-state index contributed by atoms with van der Waals surface area (Å²) in [6.45, 7) is 6.43. The van der Waals surface area contributed by atoms with Gasteiger partial charge in [-0.1, -0.05) is 0 Å². The molecule has 1 aliphatic rings. The van der Waals surface area contributed by atoms with E-state index in [9.17, 15) is 4.39 Å². The van der Waals surface area contributed by atoms with Gasteiger partial charge in [-0.15, -0.1) is 11.8 Å². The van der Waals surface area contributed by atoms with Crippen LogP contribution in [0.25, 0.3) is 0 Å². The molecule has 0 saturated carbocycles. The third kappa shape index (κ3) is 7.51. The number of nitrogens with zero attached hydrogens (tertiary/aromatic N) is 2. The third-order valence-corrected chi connectivity index (χ3v) is 4.84. The fourth-order valence-corrected chi connectivity index (χ4v) is 3.23. The van der Waals surface area contributed by atoms with Gasteiger partial charge in [-0.05, 0) is 36.4 Å². The molecule has 0 amide bonds. The van der Waals surface area contributed by atoms with Crippen LogP contribution in [0.15, 0.2) is 34.2 Å². The summed E-state index contributed by atoms with van der Waals surface area (Å²) in [6.07, 6.45) is 1.02. The van der Waals surface area contributed by atoms with Crippen molar-refractivity contribution in [1.82, 2.24) is 15.5 Å². The van der Waals surface area contributed by atoms with Gasteiger partial charge >= 0.3 is 0 Å². The minimum Gasteiger partial charge on any atom is -0.379 e. The van der Waals surface area contributed by atoms with Crippen molar-refractivity contribution in [3.63, 3.8) is 0 Å². The van der Waals surface area contributed by atoms with Crippen molar-refractivity contribution >= 4 is 17.7 Å². The van der Waals surface area contributed by atoms with Crippen LogP contribution < -0.4 is 10.6 Å². The van der Waals surface area contributed by atoms with Crippen molar-refractivity contribution in [2.75, 3.05) is 58.7 Å². The minimum absolute atomic E-state index is 0.187. The van der Waals surface area contributed by atoms with Gasteiger partial charge in [0.25, 0.3) is 0 Å². The average Bonchev–Trinajstić information content (AvgIpc) is 2.62. The Hall–Kier alpha value is -1.31. The van der Waals surface area contributed by atoms with E-state index in [4.69, 9.17) is 4.74 Å². The van der Waals surface area contributed by atoms with Gasteiger partial charge in [0.15, 0.2) is 5.96 Å². The molecule has 1 aromatic carbocycles. The van der Waals surface area contributed by atoms with Crippen LogP contribution in [0.3, 0.4) is 0 Å². The minimum atomic E-state index is -0.187. The molecule has 0 unspecified atom stereocenters. The smallest absolute Gasteiger partial charge is 0.191 e. The van der Waals surface area contributed by atoms with Crippen LogP contribution in [0.5, 0.6) is 0 Å². The van der Waals surface area contributed by atoms with E-state index in [-0.39, 0.29) is 5.82 Å². The second-order valence-corrected chi connectivity index (χ2v) is 6.70. The first-order chi connectivity index (χ1) is 11.8. The SMILES string of the molecule is CN=C(NCCCSc1ccc(F)cc1)NCCN1CCOCC1. The number of nitrogens with one attached hydrogen (secondary N) is 2. The Balaban J connectivity index is 1.52. The monoisotopic (exact) mass is 354 g/mol. The number of guanidine groups is 1. The second-order valence-electron chi connectivity index (χ2n) is 5.54. The lowest BCUT2D eigenvalue weighted by Gasteiger charge is -2.26. The first-order valence-corrected chi connectivity index (χ1v) is 9.39. The van der Waals surface area contributed by atoms with E-state index < -0.39 is 0 Å².